The number of aromatic nitrogens is 2. The van der Waals surface area contributed by atoms with Crippen molar-refractivity contribution >= 4 is 16.8 Å². The molecule has 3 aromatic rings. The number of H-pyrrole nitrogens is 1. The highest BCUT2D eigenvalue weighted by atomic mass is 19.1. The average molecular weight is 431 g/mol. The van der Waals surface area contributed by atoms with Crippen LogP contribution in [0.25, 0.3) is 10.9 Å². The van der Waals surface area contributed by atoms with Crippen molar-refractivity contribution in [3.8, 4) is 0 Å². The number of rotatable bonds is 6. The van der Waals surface area contributed by atoms with E-state index >= 15 is 0 Å². The molecular formula is C22H20F3N3O3. The monoisotopic (exact) mass is 431 g/mol. The standard InChI is InChI=1S/C22H20F3N3O3/c1-11(19-17(25)9-14(24)10-26-19)27-22(30)20(31-15-3-2-4-15)16-8-12-7-13(23)5-6-18(12)28-21(16)29/h5-11,15,20H,2-4H2,1H3,(H,27,30)(H,28,29)/t11-,20+/m0/s1. The molecule has 1 aliphatic rings. The van der Waals surface area contributed by atoms with E-state index in [9.17, 15) is 22.8 Å². The van der Waals surface area contributed by atoms with E-state index in [1.54, 1.807) is 0 Å². The maximum absolute atomic E-state index is 14.1. The van der Waals surface area contributed by atoms with Gasteiger partial charge in [-0.3, -0.25) is 14.6 Å². The molecule has 1 amide bonds. The summed E-state index contributed by atoms with van der Waals surface area (Å²) in [6.45, 7) is 1.49. The van der Waals surface area contributed by atoms with Crippen LogP contribution < -0.4 is 10.9 Å². The van der Waals surface area contributed by atoms with Crippen LogP contribution in [0.2, 0.25) is 0 Å². The van der Waals surface area contributed by atoms with Gasteiger partial charge in [0.05, 0.1) is 29.6 Å². The van der Waals surface area contributed by atoms with Gasteiger partial charge in [0.15, 0.2) is 6.10 Å². The van der Waals surface area contributed by atoms with Crippen LogP contribution in [0.15, 0.2) is 41.3 Å². The Kier molecular flexibility index (Phi) is 5.77. The van der Waals surface area contributed by atoms with Gasteiger partial charge in [0.2, 0.25) is 0 Å². The van der Waals surface area contributed by atoms with Crippen molar-refractivity contribution in [2.24, 2.45) is 0 Å². The molecule has 1 fully saturated rings. The number of carbonyl (C=O) groups is 1. The molecule has 1 aromatic carbocycles. The third-order valence-electron chi connectivity index (χ3n) is 5.34. The van der Waals surface area contributed by atoms with Crippen molar-refractivity contribution in [3.63, 3.8) is 0 Å². The molecular weight excluding hydrogens is 411 g/mol. The van der Waals surface area contributed by atoms with E-state index in [0.29, 0.717) is 17.0 Å². The van der Waals surface area contributed by atoms with Crippen LogP contribution in [-0.4, -0.2) is 22.0 Å². The Labute approximate surface area is 175 Å². The number of ether oxygens (including phenoxy) is 1. The Morgan fingerprint density at radius 2 is 1.97 bits per heavy atom. The highest BCUT2D eigenvalue weighted by molar-refractivity contribution is 5.85. The van der Waals surface area contributed by atoms with E-state index in [4.69, 9.17) is 4.74 Å². The van der Waals surface area contributed by atoms with Crippen LogP contribution in [0, 0.1) is 17.5 Å². The number of benzene rings is 1. The molecule has 1 aliphatic carbocycles. The number of carbonyl (C=O) groups excluding carboxylic acids is 1. The van der Waals surface area contributed by atoms with Crippen molar-refractivity contribution in [1.29, 1.82) is 0 Å². The Balaban J connectivity index is 1.66. The Hall–Kier alpha value is -3.20. The van der Waals surface area contributed by atoms with Gasteiger partial charge in [-0.15, -0.1) is 0 Å². The van der Waals surface area contributed by atoms with Crippen LogP contribution >= 0.6 is 0 Å². The van der Waals surface area contributed by atoms with E-state index in [1.165, 1.54) is 31.2 Å². The van der Waals surface area contributed by atoms with Gasteiger partial charge in [-0.05, 0) is 50.5 Å². The molecule has 2 aromatic heterocycles. The first kappa shape index (κ1) is 21.0. The number of pyridine rings is 2. The Morgan fingerprint density at radius 1 is 1.19 bits per heavy atom. The summed E-state index contributed by atoms with van der Waals surface area (Å²) in [4.78, 5) is 32.1. The molecule has 6 nitrogen and oxygen atoms in total. The molecule has 0 spiro atoms. The van der Waals surface area contributed by atoms with Crippen LogP contribution in [0.5, 0.6) is 0 Å². The number of hydrogen-bond donors (Lipinski definition) is 2. The number of aromatic amines is 1. The minimum Gasteiger partial charge on any atom is -0.360 e. The first-order chi connectivity index (χ1) is 14.8. The summed E-state index contributed by atoms with van der Waals surface area (Å²) in [5.41, 5.74) is -0.255. The van der Waals surface area contributed by atoms with Crippen molar-refractivity contribution in [2.75, 3.05) is 0 Å². The second-order valence-corrected chi connectivity index (χ2v) is 7.61. The first-order valence-electron chi connectivity index (χ1n) is 9.91. The molecule has 9 heteroatoms. The molecule has 2 N–H and O–H groups in total. The van der Waals surface area contributed by atoms with Gasteiger partial charge in [0, 0.05) is 17.0 Å². The molecule has 0 aliphatic heterocycles. The molecule has 0 unspecified atom stereocenters. The number of fused-ring (bicyclic) bond motifs is 1. The average Bonchev–Trinajstić information content (AvgIpc) is 2.67. The highest BCUT2D eigenvalue weighted by Gasteiger charge is 2.32. The van der Waals surface area contributed by atoms with Gasteiger partial charge in [0.25, 0.3) is 11.5 Å². The highest BCUT2D eigenvalue weighted by Crippen LogP contribution is 2.29. The maximum Gasteiger partial charge on any atom is 0.254 e. The number of halogens is 3. The van der Waals surface area contributed by atoms with Gasteiger partial charge in [0.1, 0.15) is 17.5 Å². The molecule has 4 rings (SSSR count). The van der Waals surface area contributed by atoms with E-state index in [2.05, 4.69) is 15.3 Å². The quantitative estimate of drug-likeness (QED) is 0.621. The normalized spacial score (nSPS) is 16.0. The topological polar surface area (TPSA) is 84.1 Å². The molecule has 162 valence electrons. The number of amides is 1. The minimum atomic E-state index is -1.28. The number of nitrogens with one attached hydrogen (secondary N) is 2. The number of hydrogen-bond acceptors (Lipinski definition) is 4. The zero-order valence-corrected chi connectivity index (χ0v) is 16.6. The second kappa shape index (κ2) is 8.50. The summed E-state index contributed by atoms with van der Waals surface area (Å²) < 4.78 is 46.7. The van der Waals surface area contributed by atoms with Gasteiger partial charge < -0.3 is 15.0 Å². The van der Waals surface area contributed by atoms with Crippen LogP contribution in [-0.2, 0) is 9.53 Å². The summed E-state index contributed by atoms with van der Waals surface area (Å²) in [5.74, 6) is -2.90. The van der Waals surface area contributed by atoms with Crippen molar-refractivity contribution in [2.45, 2.75) is 44.4 Å². The maximum atomic E-state index is 14.1. The zero-order chi connectivity index (χ0) is 22.1. The molecule has 2 atom stereocenters. The van der Waals surface area contributed by atoms with Gasteiger partial charge in [-0.25, -0.2) is 13.2 Å². The third kappa shape index (κ3) is 4.46. The van der Waals surface area contributed by atoms with Crippen LogP contribution in [0.4, 0.5) is 13.2 Å². The van der Waals surface area contributed by atoms with Gasteiger partial charge in [-0.1, -0.05) is 0 Å². The fourth-order valence-corrected chi connectivity index (χ4v) is 3.47. The Bertz CT molecular complexity index is 1190. The summed E-state index contributed by atoms with van der Waals surface area (Å²) in [6, 6.07) is 5.09. The van der Waals surface area contributed by atoms with E-state index in [-0.39, 0.29) is 17.4 Å². The molecule has 0 bridgehead atoms. The molecule has 1 saturated carbocycles. The predicted octanol–water partition coefficient (Wildman–Crippen LogP) is 3.83. The summed E-state index contributed by atoms with van der Waals surface area (Å²) in [5, 5.41) is 2.99. The molecule has 31 heavy (non-hydrogen) atoms. The molecule has 2 heterocycles. The van der Waals surface area contributed by atoms with Gasteiger partial charge >= 0.3 is 0 Å². The van der Waals surface area contributed by atoms with Crippen molar-refractivity contribution in [3.05, 3.63) is 75.6 Å². The SMILES string of the molecule is C[C@H](NC(=O)[C@H](OC1CCC1)c1cc2cc(F)ccc2[nH]c1=O)c1ncc(F)cc1F. The zero-order valence-electron chi connectivity index (χ0n) is 16.6. The lowest BCUT2D eigenvalue weighted by atomic mass is 9.95. The third-order valence-corrected chi connectivity index (χ3v) is 5.34. The van der Waals surface area contributed by atoms with E-state index in [0.717, 1.165) is 25.5 Å². The lowest BCUT2D eigenvalue weighted by Crippen LogP contribution is -2.38. The second-order valence-electron chi connectivity index (χ2n) is 7.61. The fourth-order valence-electron chi connectivity index (χ4n) is 3.47. The van der Waals surface area contributed by atoms with Gasteiger partial charge in [-0.2, -0.15) is 0 Å². The first-order valence-corrected chi connectivity index (χ1v) is 9.91. The minimum absolute atomic E-state index is 0.0160. The molecule has 0 saturated heterocycles. The summed E-state index contributed by atoms with van der Waals surface area (Å²) in [7, 11) is 0. The summed E-state index contributed by atoms with van der Waals surface area (Å²) in [6.07, 6.45) is 1.80. The smallest absolute Gasteiger partial charge is 0.254 e. The Morgan fingerprint density at radius 3 is 2.65 bits per heavy atom. The fraction of sp³-hybridized carbons (Fsp3) is 0.318. The largest absolute Gasteiger partial charge is 0.360 e. The van der Waals surface area contributed by atoms with E-state index in [1.807, 2.05) is 0 Å². The lowest BCUT2D eigenvalue weighted by molar-refractivity contribution is -0.142. The predicted molar refractivity (Wildman–Crippen MR) is 107 cm³/mol. The van der Waals surface area contributed by atoms with Crippen molar-refractivity contribution in [1.82, 2.24) is 15.3 Å². The van der Waals surface area contributed by atoms with E-state index < -0.39 is 41.1 Å². The summed E-state index contributed by atoms with van der Waals surface area (Å²) >= 11 is 0. The molecule has 0 radical (unpaired) electrons. The van der Waals surface area contributed by atoms with Crippen LogP contribution in [0.1, 0.15) is 49.6 Å². The lowest BCUT2D eigenvalue weighted by Gasteiger charge is -2.30. The number of nitrogens with zero attached hydrogens (tertiary/aromatic N) is 1. The van der Waals surface area contributed by atoms with Crippen LogP contribution in [0.3, 0.4) is 0 Å². The van der Waals surface area contributed by atoms with Crippen molar-refractivity contribution < 1.29 is 22.7 Å².